The van der Waals surface area contributed by atoms with Gasteiger partial charge in [-0.2, -0.15) is 0 Å². The Kier molecular flexibility index (Phi) is 4.40. The molecule has 0 bridgehead atoms. The van der Waals surface area contributed by atoms with Gasteiger partial charge in [0.25, 0.3) is 5.91 Å². The molecule has 98 valence electrons. The van der Waals surface area contributed by atoms with Crippen LogP contribution < -0.4 is 5.32 Å². The van der Waals surface area contributed by atoms with E-state index in [1.54, 1.807) is 0 Å². The number of benzene rings is 1. The van der Waals surface area contributed by atoms with Gasteiger partial charge in [-0.15, -0.1) is 0 Å². The van der Waals surface area contributed by atoms with Gasteiger partial charge in [0.05, 0.1) is 11.7 Å². The van der Waals surface area contributed by atoms with Crippen LogP contribution in [0.2, 0.25) is 0 Å². The zero-order valence-electron chi connectivity index (χ0n) is 10.7. The molecule has 0 saturated carbocycles. The minimum absolute atomic E-state index is 0.0130. The van der Waals surface area contributed by atoms with E-state index in [2.05, 4.69) is 21.2 Å². The van der Waals surface area contributed by atoms with Gasteiger partial charge in [0.15, 0.2) is 0 Å². The van der Waals surface area contributed by atoms with E-state index >= 15 is 0 Å². The topological polar surface area (TPSA) is 38.3 Å². The molecule has 1 aromatic rings. The predicted octanol–water partition coefficient (Wildman–Crippen LogP) is 3.05. The van der Waals surface area contributed by atoms with Crippen molar-refractivity contribution in [2.45, 2.75) is 38.8 Å². The van der Waals surface area contributed by atoms with Gasteiger partial charge in [-0.3, -0.25) is 4.79 Å². The first kappa shape index (κ1) is 13.6. The van der Waals surface area contributed by atoms with Crippen LogP contribution in [-0.4, -0.2) is 24.7 Å². The first-order chi connectivity index (χ1) is 8.56. The molecule has 2 rings (SSSR count). The maximum atomic E-state index is 12.2. The van der Waals surface area contributed by atoms with E-state index in [4.69, 9.17) is 4.74 Å². The SMILES string of the molecule is Cc1ccc(C(=O)NC2CCOC(C)C2)c(Br)c1. The molecule has 2 unspecified atom stereocenters. The third-order valence-electron chi connectivity index (χ3n) is 3.19. The molecule has 2 atom stereocenters. The van der Waals surface area contributed by atoms with Crippen molar-refractivity contribution in [1.29, 1.82) is 0 Å². The molecule has 1 N–H and O–H groups in total. The van der Waals surface area contributed by atoms with Crippen LogP contribution in [0.5, 0.6) is 0 Å². The minimum Gasteiger partial charge on any atom is -0.378 e. The number of amides is 1. The standard InChI is InChI=1S/C14H18BrNO2/c1-9-3-4-12(13(15)7-9)14(17)16-11-5-6-18-10(2)8-11/h3-4,7,10-11H,5-6,8H2,1-2H3,(H,16,17). The maximum absolute atomic E-state index is 12.2. The van der Waals surface area contributed by atoms with Gasteiger partial charge in [-0.1, -0.05) is 6.07 Å². The van der Waals surface area contributed by atoms with E-state index in [9.17, 15) is 4.79 Å². The Bertz CT molecular complexity index is 447. The van der Waals surface area contributed by atoms with Crippen molar-refractivity contribution in [2.75, 3.05) is 6.61 Å². The zero-order valence-corrected chi connectivity index (χ0v) is 12.3. The third-order valence-corrected chi connectivity index (χ3v) is 3.85. The fourth-order valence-electron chi connectivity index (χ4n) is 2.20. The Balaban J connectivity index is 2.03. The number of hydrogen-bond donors (Lipinski definition) is 1. The summed E-state index contributed by atoms with van der Waals surface area (Å²) in [7, 11) is 0. The average molecular weight is 312 g/mol. The van der Waals surface area contributed by atoms with Gasteiger partial charge in [-0.05, 0) is 60.3 Å². The summed E-state index contributed by atoms with van der Waals surface area (Å²) in [6, 6.07) is 5.99. The molecule has 1 amide bonds. The summed E-state index contributed by atoms with van der Waals surface area (Å²) in [6.07, 6.45) is 2.00. The quantitative estimate of drug-likeness (QED) is 0.911. The number of halogens is 1. The highest BCUT2D eigenvalue weighted by atomic mass is 79.9. The average Bonchev–Trinajstić information content (AvgIpc) is 2.28. The summed E-state index contributed by atoms with van der Waals surface area (Å²) >= 11 is 3.44. The van der Waals surface area contributed by atoms with Gasteiger partial charge in [0.1, 0.15) is 0 Å². The largest absolute Gasteiger partial charge is 0.378 e. The molecule has 18 heavy (non-hydrogen) atoms. The molecule has 3 nitrogen and oxygen atoms in total. The van der Waals surface area contributed by atoms with Crippen molar-refractivity contribution < 1.29 is 9.53 Å². The van der Waals surface area contributed by atoms with E-state index in [1.807, 2.05) is 32.0 Å². The van der Waals surface area contributed by atoms with Crippen molar-refractivity contribution in [1.82, 2.24) is 5.32 Å². The van der Waals surface area contributed by atoms with Gasteiger partial charge >= 0.3 is 0 Å². The zero-order chi connectivity index (χ0) is 13.1. The molecule has 0 spiro atoms. The highest BCUT2D eigenvalue weighted by Gasteiger charge is 2.22. The number of carbonyl (C=O) groups excluding carboxylic acids is 1. The fraction of sp³-hybridized carbons (Fsp3) is 0.500. The van der Waals surface area contributed by atoms with Crippen LogP contribution >= 0.6 is 15.9 Å². The summed E-state index contributed by atoms with van der Waals surface area (Å²) in [5.41, 5.74) is 1.83. The lowest BCUT2D eigenvalue weighted by molar-refractivity contribution is 0.0136. The second-order valence-electron chi connectivity index (χ2n) is 4.86. The van der Waals surface area contributed by atoms with Crippen LogP contribution in [0.3, 0.4) is 0 Å². The lowest BCUT2D eigenvalue weighted by Gasteiger charge is -2.28. The third kappa shape index (κ3) is 3.33. The molecule has 0 aromatic heterocycles. The lowest BCUT2D eigenvalue weighted by atomic mass is 10.0. The van der Waals surface area contributed by atoms with Crippen LogP contribution in [0.15, 0.2) is 22.7 Å². The molecule has 1 saturated heterocycles. The summed E-state index contributed by atoms with van der Waals surface area (Å²) in [6.45, 7) is 4.77. The Labute approximate surface area is 116 Å². The van der Waals surface area contributed by atoms with Crippen LogP contribution in [0.4, 0.5) is 0 Å². The first-order valence-electron chi connectivity index (χ1n) is 6.25. The summed E-state index contributed by atoms with van der Waals surface area (Å²) in [5.74, 6) is -0.0130. The Morgan fingerprint density at radius 3 is 2.94 bits per heavy atom. The number of ether oxygens (including phenoxy) is 1. The second kappa shape index (κ2) is 5.85. The molecule has 1 heterocycles. The second-order valence-corrected chi connectivity index (χ2v) is 5.71. The number of nitrogens with one attached hydrogen (secondary N) is 1. The number of hydrogen-bond acceptors (Lipinski definition) is 2. The molecular formula is C14H18BrNO2. The Morgan fingerprint density at radius 2 is 2.28 bits per heavy atom. The van der Waals surface area contributed by atoms with Crippen molar-refractivity contribution in [3.8, 4) is 0 Å². The first-order valence-corrected chi connectivity index (χ1v) is 7.04. The van der Waals surface area contributed by atoms with Crippen molar-refractivity contribution in [3.05, 3.63) is 33.8 Å². The van der Waals surface area contributed by atoms with E-state index < -0.39 is 0 Å². The van der Waals surface area contributed by atoms with Crippen LogP contribution in [0.1, 0.15) is 35.7 Å². The van der Waals surface area contributed by atoms with Gasteiger partial charge in [-0.25, -0.2) is 0 Å². The van der Waals surface area contributed by atoms with E-state index in [-0.39, 0.29) is 18.1 Å². The van der Waals surface area contributed by atoms with Crippen LogP contribution in [0.25, 0.3) is 0 Å². The summed E-state index contributed by atoms with van der Waals surface area (Å²) in [5, 5.41) is 3.08. The Morgan fingerprint density at radius 1 is 1.50 bits per heavy atom. The Hall–Kier alpha value is -0.870. The van der Waals surface area contributed by atoms with Crippen molar-refractivity contribution in [3.63, 3.8) is 0 Å². The van der Waals surface area contributed by atoms with Gasteiger partial charge < -0.3 is 10.1 Å². The smallest absolute Gasteiger partial charge is 0.252 e. The minimum atomic E-state index is -0.0130. The van der Waals surface area contributed by atoms with E-state index in [0.717, 1.165) is 29.5 Å². The molecule has 1 aliphatic rings. The monoisotopic (exact) mass is 311 g/mol. The van der Waals surface area contributed by atoms with Crippen LogP contribution in [0, 0.1) is 6.92 Å². The molecule has 0 aliphatic carbocycles. The molecule has 0 radical (unpaired) electrons. The molecule has 1 aromatic carbocycles. The maximum Gasteiger partial charge on any atom is 0.252 e. The van der Waals surface area contributed by atoms with E-state index in [1.165, 1.54) is 0 Å². The molecule has 4 heteroatoms. The van der Waals surface area contributed by atoms with E-state index in [0.29, 0.717) is 5.56 Å². The normalized spacial score (nSPS) is 23.7. The number of aryl methyl sites for hydroxylation is 1. The fourth-order valence-corrected chi connectivity index (χ4v) is 2.87. The predicted molar refractivity (Wildman–Crippen MR) is 74.8 cm³/mol. The number of rotatable bonds is 2. The summed E-state index contributed by atoms with van der Waals surface area (Å²) in [4.78, 5) is 12.2. The van der Waals surface area contributed by atoms with Crippen molar-refractivity contribution in [2.24, 2.45) is 0 Å². The van der Waals surface area contributed by atoms with Gasteiger partial charge in [0, 0.05) is 17.1 Å². The van der Waals surface area contributed by atoms with Crippen LogP contribution in [-0.2, 0) is 4.74 Å². The summed E-state index contributed by atoms with van der Waals surface area (Å²) < 4.78 is 6.32. The lowest BCUT2D eigenvalue weighted by Crippen LogP contribution is -2.41. The highest BCUT2D eigenvalue weighted by molar-refractivity contribution is 9.10. The number of carbonyl (C=O) groups is 1. The molecule has 1 fully saturated rings. The molecular weight excluding hydrogens is 294 g/mol. The highest BCUT2D eigenvalue weighted by Crippen LogP contribution is 2.19. The van der Waals surface area contributed by atoms with Gasteiger partial charge in [0.2, 0.25) is 0 Å². The molecule has 1 aliphatic heterocycles. The van der Waals surface area contributed by atoms with Crippen molar-refractivity contribution >= 4 is 21.8 Å².